The Hall–Kier alpha value is -7.54. The zero-order valence-electron chi connectivity index (χ0n) is 86.1. The van der Waals surface area contributed by atoms with Gasteiger partial charge in [0.1, 0.15) is 0 Å². The zero-order valence-corrected chi connectivity index (χ0v) is 86.1. The largest absolute Gasteiger partial charge is 0.0654 e. The lowest BCUT2D eigenvalue weighted by Gasteiger charge is -2.57. The number of hydrogen-bond donors (Lipinski definition) is 0. The lowest BCUT2D eigenvalue weighted by atomic mass is 9.48. The average molecular weight is 1780 g/mol. The van der Waals surface area contributed by atoms with E-state index in [0.29, 0.717) is 0 Å². The summed E-state index contributed by atoms with van der Waals surface area (Å²) in [6, 6.07) is 69.7. The maximum atomic E-state index is 2.87. The predicted octanol–water partition coefficient (Wildman–Crippen LogP) is 41.6. The van der Waals surface area contributed by atoms with Crippen LogP contribution in [0, 0.1) is 35.5 Å². The quantitative estimate of drug-likeness (QED) is 0.0263. The molecule has 0 heterocycles. The molecule has 0 amide bonds. The van der Waals surface area contributed by atoms with Crippen molar-refractivity contribution in [2.45, 2.75) is 450 Å². The van der Waals surface area contributed by atoms with Crippen molar-refractivity contribution < 1.29 is 0 Å². The van der Waals surface area contributed by atoms with Gasteiger partial charge >= 0.3 is 0 Å². The molecule has 0 saturated heterocycles. The third-order valence-electron chi connectivity index (χ3n) is 36.3. The van der Waals surface area contributed by atoms with E-state index in [0.717, 1.165) is 61.2 Å². The molecule has 710 valence electrons. The summed E-state index contributed by atoms with van der Waals surface area (Å²) in [5.74, 6) is 5.24. The molecule has 0 heteroatoms. The fraction of sp³-hybridized carbons (Fsp3) is 0.567. The minimum Gasteiger partial charge on any atom is -0.0654 e. The van der Waals surface area contributed by atoms with Gasteiger partial charge in [-0.15, -0.1) is 0 Å². The second-order valence-corrected chi connectivity index (χ2v) is 48.6. The lowest BCUT2D eigenvalue weighted by molar-refractivity contribution is -0.00524. The summed E-state index contributed by atoms with van der Waals surface area (Å²) >= 11 is 0. The molecule has 0 unspecified atom stereocenters. The van der Waals surface area contributed by atoms with Gasteiger partial charge in [-0.25, -0.2) is 0 Å². The van der Waals surface area contributed by atoms with Crippen LogP contribution in [-0.4, -0.2) is 0 Å². The molecular weight excluding hydrogens is 1610 g/mol. The molecule has 8 saturated carbocycles. The van der Waals surface area contributed by atoms with Crippen LogP contribution in [0.2, 0.25) is 0 Å². The van der Waals surface area contributed by atoms with E-state index in [9.17, 15) is 0 Å². The van der Waals surface area contributed by atoms with Gasteiger partial charge in [-0.1, -0.05) is 440 Å². The molecule has 8 fully saturated rings. The lowest BCUT2D eigenvalue weighted by Crippen LogP contribution is -2.48. The number of rotatable bonds is 50. The third-order valence-corrected chi connectivity index (χ3v) is 36.3. The van der Waals surface area contributed by atoms with Gasteiger partial charge in [-0.05, 0) is 380 Å². The van der Waals surface area contributed by atoms with Gasteiger partial charge in [0.25, 0.3) is 0 Å². The Balaban J connectivity index is 0.852. The third kappa shape index (κ3) is 20.5. The molecule has 0 spiro atoms. The summed E-state index contributed by atoms with van der Waals surface area (Å²) in [6.07, 6.45) is 75.6. The Morgan fingerprint density at radius 1 is 0.224 bits per heavy atom. The SMILES string of the molecule is CCCCCCCCCCCCc1ccc(CCCCCCCCCCCC)c(-c2c3c(c(-c4cc(CCCCCCCCCCCC)ccc4CCCCCCCCCCCC)c4cc5cc(C67CC8CC(CC(C8)C6)C7)ccc5cc24)-c2ccc4c5c(ccc-3c25)-c2c-4c(-c3ccc(C(C)(C)C)cc3)c3ccc(C45CC6CC(CC(C6)C4)C5)cc3c2-c2ccc(C(C)(C)C)cc2)c1. The summed E-state index contributed by atoms with van der Waals surface area (Å²) in [5, 5.41) is 11.7. The van der Waals surface area contributed by atoms with Crippen LogP contribution in [-0.2, 0) is 47.3 Å². The molecule has 0 atom stereocenters. The van der Waals surface area contributed by atoms with Gasteiger partial charge in [0, 0.05) is 0 Å². The Morgan fingerprint density at radius 3 is 0.843 bits per heavy atom. The van der Waals surface area contributed by atoms with Gasteiger partial charge in [0.05, 0.1) is 0 Å². The molecule has 21 rings (SSSR count). The van der Waals surface area contributed by atoms with Gasteiger partial charge in [0.2, 0.25) is 0 Å². The number of hydrogen-bond acceptors (Lipinski definition) is 0. The highest BCUT2D eigenvalue weighted by molar-refractivity contribution is 6.36. The fourth-order valence-corrected chi connectivity index (χ4v) is 29.8. The van der Waals surface area contributed by atoms with Crippen molar-refractivity contribution in [3.8, 4) is 89.0 Å². The summed E-state index contributed by atoms with van der Waals surface area (Å²) in [5.41, 5.74) is 36.2. The first-order valence-corrected chi connectivity index (χ1v) is 57.3. The maximum absolute atomic E-state index is 2.87. The normalized spacial score (nSPS) is 20.6. The second-order valence-electron chi connectivity index (χ2n) is 48.6. The van der Waals surface area contributed by atoms with Crippen molar-refractivity contribution in [3.05, 3.63) is 202 Å². The van der Waals surface area contributed by atoms with Crippen molar-refractivity contribution in [1.29, 1.82) is 0 Å². The van der Waals surface area contributed by atoms with Crippen molar-refractivity contribution in [2.75, 3.05) is 0 Å². The first-order valence-electron chi connectivity index (χ1n) is 57.3. The van der Waals surface area contributed by atoms with Gasteiger partial charge in [-0.2, -0.15) is 0 Å². The highest BCUT2D eigenvalue weighted by Crippen LogP contribution is 2.68. The molecule has 0 N–H and O–H groups in total. The van der Waals surface area contributed by atoms with E-state index >= 15 is 0 Å². The van der Waals surface area contributed by atoms with Crippen molar-refractivity contribution >= 4 is 43.1 Å². The van der Waals surface area contributed by atoms with E-state index in [4.69, 9.17) is 0 Å². The highest BCUT2D eigenvalue weighted by atomic mass is 14.6. The molecule has 10 aliphatic rings. The number of fused-ring (bicyclic) bond motifs is 9. The second kappa shape index (κ2) is 43.1. The Kier molecular flexibility index (Phi) is 30.6. The van der Waals surface area contributed by atoms with Gasteiger partial charge in [-0.3, -0.25) is 0 Å². The first kappa shape index (κ1) is 95.4. The van der Waals surface area contributed by atoms with Crippen LogP contribution in [0.5, 0.6) is 0 Å². The van der Waals surface area contributed by atoms with E-state index in [1.807, 2.05) is 0 Å². The number of unbranched alkanes of at least 4 members (excludes halogenated alkanes) is 36. The molecule has 0 aromatic heterocycles. The van der Waals surface area contributed by atoms with Crippen molar-refractivity contribution in [2.24, 2.45) is 35.5 Å². The summed E-state index contributed by atoms with van der Waals surface area (Å²) < 4.78 is 0. The van der Waals surface area contributed by atoms with E-state index < -0.39 is 0 Å². The molecule has 10 aliphatic carbocycles. The van der Waals surface area contributed by atoms with E-state index in [2.05, 4.69) is 227 Å². The maximum Gasteiger partial charge on any atom is -0.000730 e. The van der Waals surface area contributed by atoms with Crippen LogP contribution in [0.1, 0.15) is 448 Å². The topological polar surface area (TPSA) is 0 Å². The van der Waals surface area contributed by atoms with Crippen molar-refractivity contribution in [1.82, 2.24) is 0 Å². The first-order chi connectivity index (χ1) is 65.5. The molecule has 11 aromatic rings. The molecule has 0 radical (unpaired) electrons. The smallest absolute Gasteiger partial charge is 0.000730 e. The average Bonchev–Trinajstić information content (AvgIpc) is 1.50. The zero-order chi connectivity index (χ0) is 91.9. The standard InChI is InChI=1S/C134H174/c1-11-15-19-23-27-31-35-39-43-47-51-93-55-57-101(53-49-45-41-37-33-29-25-21-17-13-3)116(81-93)125-118-84-105-63-68-109(133-87-95-75-96(88-133)77-97(76-95)89-133)83-106(105)85-119(118)126(117-82-94(52-48-44-40-36-32-28-24-20-16-12-2)56-58-102(117)54-50-46-42-38-34-30-26-22-18-14-4)130-115-73-71-112-123-113(72-74-114(124(115)123)129(125)130)128-122(104-61-66-108(67-62-104)132(8,9)10)120-86-110(134-90-98-78-99(91-134)80-100(79-98)92-134)69-70-111(120)121(127(112)128)103-59-64-107(65-60-103)131(5,6)7/h55-74,81-86,95-100H,11-54,75-80,87-92H2,1-10H3. The van der Waals surface area contributed by atoms with Gasteiger partial charge in [0.15, 0.2) is 0 Å². The summed E-state index contributed by atoms with van der Waals surface area (Å²) in [4.78, 5) is 0. The van der Waals surface area contributed by atoms with Crippen LogP contribution in [0.3, 0.4) is 0 Å². The molecule has 8 bridgehead atoms. The van der Waals surface area contributed by atoms with Gasteiger partial charge < -0.3 is 0 Å². The Bertz CT molecular complexity index is 5770. The number of benzene rings is 11. The Labute approximate surface area is 814 Å². The molecule has 134 heavy (non-hydrogen) atoms. The minimum atomic E-state index is 0.0197. The molecule has 11 aromatic carbocycles. The van der Waals surface area contributed by atoms with Crippen LogP contribution in [0.25, 0.3) is 132 Å². The minimum absolute atomic E-state index is 0.0197. The molecular formula is C134H174. The fourth-order valence-electron chi connectivity index (χ4n) is 29.8. The van der Waals surface area contributed by atoms with Crippen LogP contribution >= 0.6 is 0 Å². The predicted molar refractivity (Wildman–Crippen MR) is 586 cm³/mol. The Morgan fingerprint density at radius 2 is 0.507 bits per heavy atom. The monoisotopic (exact) mass is 1780 g/mol. The summed E-state index contributed by atoms with van der Waals surface area (Å²) in [6.45, 7) is 23.9. The van der Waals surface area contributed by atoms with Crippen LogP contribution in [0.15, 0.2) is 158 Å². The number of aryl methyl sites for hydroxylation is 4. The van der Waals surface area contributed by atoms with E-state index in [1.54, 1.807) is 22.3 Å². The van der Waals surface area contributed by atoms with Crippen LogP contribution in [0.4, 0.5) is 0 Å². The molecule has 0 aliphatic heterocycles. The van der Waals surface area contributed by atoms with E-state index in [1.165, 1.54) is 488 Å². The summed E-state index contributed by atoms with van der Waals surface area (Å²) in [7, 11) is 0. The highest BCUT2D eigenvalue weighted by Gasteiger charge is 2.54. The van der Waals surface area contributed by atoms with Crippen LogP contribution < -0.4 is 0 Å². The van der Waals surface area contributed by atoms with E-state index in [-0.39, 0.29) is 21.7 Å². The van der Waals surface area contributed by atoms with Crippen molar-refractivity contribution in [3.63, 3.8) is 0 Å². The molecule has 0 nitrogen and oxygen atoms in total.